The molecular formula is C15H15N3O2. The molecule has 102 valence electrons. The van der Waals surface area contributed by atoms with Crippen LogP contribution in [0.3, 0.4) is 0 Å². The standard InChI is InChI=1S/C15H15N3O2/c1-9-2-4-11(20-9)7-18-15(19)13-8-17-14-5-3-10(16)6-12(13)14/h2-6,8,17H,7,16H2,1H3,(H,18,19). The number of nitrogen functional groups attached to an aromatic ring is 1. The Morgan fingerprint density at radius 2 is 2.20 bits per heavy atom. The Kier molecular flexibility index (Phi) is 2.95. The van der Waals surface area contributed by atoms with Crippen molar-refractivity contribution >= 4 is 22.5 Å². The number of hydrogen-bond acceptors (Lipinski definition) is 3. The van der Waals surface area contributed by atoms with Gasteiger partial charge in [0, 0.05) is 22.8 Å². The number of amides is 1. The molecule has 3 rings (SSSR count). The highest BCUT2D eigenvalue weighted by Crippen LogP contribution is 2.21. The third-order valence-electron chi connectivity index (χ3n) is 3.17. The first-order chi connectivity index (χ1) is 9.63. The average Bonchev–Trinajstić information content (AvgIpc) is 3.02. The van der Waals surface area contributed by atoms with E-state index >= 15 is 0 Å². The predicted molar refractivity (Wildman–Crippen MR) is 77.3 cm³/mol. The number of nitrogens with two attached hydrogens (primary N) is 1. The Hall–Kier alpha value is -2.69. The van der Waals surface area contributed by atoms with Gasteiger partial charge in [-0.05, 0) is 37.3 Å². The Morgan fingerprint density at radius 1 is 1.35 bits per heavy atom. The molecule has 0 aliphatic rings. The topological polar surface area (TPSA) is 84.0 Å². The van der Waals surface area contributed by atoms with Crippen molar-refractivity contribution < 1.29 is 9.21 Å². The van der Waals surface area contributed by atoms with Crippen LogP contribution >= 0.6 is 0 Å². The predicted octanol–water partition coefficient (Wildman–Crippen LogP) is 2.58. The number of benzene rings is 1. The summed E-state index contributed by atoms with van der Waals surface area (Å²) in [5, 5.41) is 3.65. The van der Waals surface area contributed by atoms with E-state index in [1.165, 1.54) is 0 Å². The van der Waals surface area contributed by atoms with Gasteiger partial charge in [0.2, 0.25) is 0 Å². The summed E-state index contributed by atoms with van der Waals surface area (Å²) < 4.78 is 5.42. The lowest BCUT2D eigenvalue weighted by Crippen LogP contribution is -2.22. The minimum atomic E-state index is -0.157. The van der Waals surface area contributed by atoms with E-state index in [4.69, 9.17) is 10.2 Å². The van der Waals surface area contributed by atoms with Crippen molar-refractivity contribution in [2.75, 3.05) is 5.73 Å². The number of aryl methyl sites for hydroxylation is 1. The molecule has 0 fully saturated rings. The van der Waals surface area contributed by atoms with Crippen molar-refractivity contribution in [2.45, 2.75) is 13.5 Å². The molecule has 0 aliphatic carbocycles. The van der Waals surface area contributed by atoms with Crippen LogP contribution in [0.2, 0.25) is 0 Å². The van der Waals surface area contributed by atoms with E-state index in [0.29, 0.717) is 17.8 Å². The van der Waals surface area contributed by atoms with Crippen molar-refractivity contribution in [3.63, 3.8) is 0 Å². The normalized spacial score (nSPS) is 10.8. The molecule has 0 unspecified atom stereocenters. The number of carbonyl (C=O) groups is 1. The zero-order valence-corrected chi connectivity index (χ0v) is 11.1. The molecule has 2 aromatic heterocycles. The maximum absolute atomic E-state index is 12.2. The summed E-state index contributed by atoms with van der Waals surface area (Å²) in [4.78, 5) is 15.3. The monoisotopic (exact) mass is 269 g/mol. The molecule has 0 aliphatic heterocycles. The number of aromatic amines is 1. The van der Waals surface area contributed by atoms with Crippen molar-refractivity contribution in [3.05, 3.63) is 53.6 Å². The van der Waals surface area contributed by atoms with Gasteiger partial charge in [0.05, 0.1) is 12.1 Å². The molecule has 1 amide bonds. The summed E-state index contributed by atoms with van der Waals surface area (Å²) in [7, 11) is 0. The highest BCUT2D eigenvalue weighted by atomic mass is 16.3. The van der Waals surface area contributed by atoms with Gasteiger partial charge >= 0.3 is 0 Å². The number of nitrogens with one attached hydrogen (secondary N) is 2. The van der Waals surface area contributed by atoms with Crippen molar-refractivity contribution in [1.29, 1.82) is 0 Å². The molecule has 1 aromatic carbocycles. The molecule has 3 aromatic rings. The first kappa shape index (κ1) is 12.3. The van der Waals surface area contributed by atoms with Crippen LogP contribution in [0.15, 0.2) is 40.9 Å². The van der Waals surface area contributed by atoms with Gasteiger partial charge in [0.15, 0.2) is 0 Å². The zero-order chi connectivity index (χ0) is 14.1. The molecule has 0 spiro atoms. The highest BCUT2D eigenvalue weighted by molar-refractivity contribution is 6.07. The molecule has 5 heteroatoms. The van der Waals surface area contributed by atoms with Crippen molar-refractivity contribution in [2.24, 2.45) is 0 Å². The van der Waals surface area contributed by atoms with Gasteiger partial charge in [-0.25, -0.2) is 0 Å². The lowest BCUT2D eigenvalue weighted by molar-refractivity contribution is 0.0949. The summed E-state index contributed by atoms with van der Waals surface area (Å²) in [6.45, 7) is 2.23. The number of anilines is 1. The summed E-state index contributed by atoms with van der Waals surface area (Å²) in [6.07, 6.45) is 1.69. The number of hydrogen-bond donors (Lipinski definition) is 3. The maximum atomic E-state index is 12.2. The zero-order valence-electron chi connectivity index (χ0n) is 11.1. The second-order valence-electron chi connectivity index (χ2n) is 4.70. The van der Waals surface area contributed by atoms with E-state index in [1.54, 1.807) is 18.3 Å². The molecule has 4 N–H and O–H groups in total. The van der Waals surface area contributed by atoms with Crippen molar-refractivity contribution in [1.82, 2.24) is 10.3 Å². The lowest BCUT2D eigenvalue weighted by atomic mass is 10.1. The second-order valence-corrected chi connectivity index (χ2v) is 4.70. The third kappa shape index (κ3) is 2.25. The summed E-state index contributed by atoms with van der Waals surface area (Å²) in [5.74, 6) is 1.40. The average molecular weight is 269 g/mol. The summed E-state index contributed by atoms with van der Waals surface area (Å²) in [5.41, 5.74) is 7.86. The van der Waals surface area contributed by atoms with E-state index in [9.17, 15) is 4.79 Å². The number of rotatable bonds is 3. The minimum Gasteiger partial charge on any atom is -0.465 e. The fraction of sp³-hybridized carbons (Fsp3) is 0.133. The molecule has 0 saturated carbocycles. The van der Waals surface area contributed by atoms with E-state index in [0.717, 1.165) is 22.4 Å². The van der Waals surface area contributed by atoms with Crippen LogP contribution in [-0.4, -0.2) is 10.9 Å². The van der Waals surface area contributed by atoms with Crippen LogP contribution in [-0.2, 0) is 6.54 Å². The smallest absolute Gasteiger partial charge is 0.253 e. The van der Waals surface area contributed by atoms with Crippen LogP contribution in [0, 0.1) is 6.92 Å². The van der Waals surface area contributed by atoms with Gasteiger partial charge in [0.25, 0.3) is 5.91 Å². The van der Waals surface area contributed by atoms with E-state index < -0.39 is 0 Å². The summed E-state index contributed by atoms with van der Waals surface area (Å²) >= 11 is 0. The Bertz CT molecular complexity index is 770. The number of fused-ring (bicyclic) bond motifs is 1. The number of furan rings is 1. The first-order valence-electron chi connectivity index (χ1n) is 6.33. The molecule has 0 bridgehead atoms. The molecular weight excluding hydrogens is 254 g/mol. The van der Waals surface area contributed by atoms with Gasteiger partial charge in [-0.15, -0.1) is 0 Å². The number of aromatic nitrogens is 1. The van der Waals surface area contributed by atoms with E-state index in [-0.39, 0.29) is 5.91 Å². The van der Waals surface area contributed by atoms with Gasteiger partial charge in [-0.1, -0.05) is 0 Å². The molecule has 0 radical (unpaired) electrons. The number of H-pyrrole nitrogens is 1. The second kappa shape index (κ2) is 4.77. The number of carbonyl (C=O) groups excluding carboxylic acids is 1. The van der Waals surface area contributed by atoms with Crippen LogP contribution in [0.1, 0.15) is 21.9 Å². The van der Waals surface area contributed by atoms with E-state index in [1.807, 2.05) is 25.1 Å². The summed E-state index contributed by atoms with van der Waals surface area (Å²) in [6, 6.07) is 9.16. The SMILES string of the molecule is Cc1ccc(CNC(=O)c2c[nH]c3ccc(N)cc23)o1. The Balaban J connectivity index is 1.80. The molecule has 2 heterocycles. The molecule has 0 saturated heterocycles. The fourth-order valence-electron chi connectivity index (χ4n) is 2.17. The van der Waals surface area contributed by atoms with Crippen molar-refractivity contribution in [3.8, 4) is 0 Å². The molecule has 20 heavy (non-hydrogen) atoms. The van der Waals surface area contributed by atoms with Crippen LogP contribution in [0.4, 0.5) is 5.69 Å². The largest absolute Gasteiger partial charge is 0.465 e. The van der Waals surface area contributed by atoms with Gasteiger partial charge < -0.3 is 20.5 Å². The van der Waals surface area contributed by atoms with Gasteiger partial charge in [-0.2, -0.15) is 0 Å². The molecule has 0 atom stereocenters. The van der Waals surface area contributed by atoms with E-state index in [2.05, 4.69) is 10.3 Å². The highest BCUT2D eigenvalue weighted by Gasteiger charge is 2.12. The van der Waals surface area contributed by atoms with Crippen LogP contribution in [0.5, 0.6) is 0 Å². The van der Waals surface area contributed by atoms with Crippen LogP contribution < -0.4 is 11.1 Å². The Morgan fingerprint density at radius 3 is 2.95 bits per heavy atom. The molecule has 5 nitrogen and oxygen atoms in total. The minimum absolute atomic E-state index is 0.157. The quantitative estimate of drug-likeness (QED) is 0.639. The lowest BCUT2D eigenvalue weighted by Gasteiger charge is -2.02. The third-order valence-corrected chi connectivity index (χ3v) is 3.17. The maximum Gasteiger partial charge on any atom is 0.253 e. The van der Waals surface area contributed by atoms with Gasteiger partial charge in [-0.3, -0.25) is 4.79 Å². The Labute approximate surface area is 115 Å². The first-order valence-corrected chi connectivity index (χ1v) is 6.33. The fourth-order valence-corrected chi connectivity index (χ4v) is 2.17. The van der Waals surface area contributed by atoms with Gasteiger partial charge in [0.1, 0.15) is 11.5 Å². The van der Waals surface area contributed by atoms with Crippen LogP contribution in [0.25, 0.3) is 10.9 Å².